The summed E-state index contributed by atoms with van der Waals surface area (Å²) in [6, 6.07) is 2.41. The monoisotopic (exact) mass is 294 g/mol. The average Bonchev–Trinajstić information content (AvgIpc) is 3.19. The van der Waals surface area contributed by atoms with Gasteiger partial charge in [-0.15, -0.1) is 0 Å². The molecule has 2 saturated carbocycles. The first-order valence-electron chi connectivity index (χ1n) is 7.76. The first-order chi connectivity index (χ1) is 10.2. The maximum Gasteiger partial charge on any atom is 0.207 e. The van der Waals surface area contributed by atoms with E-state index in [9.17, 15) is 4.79 Å². The Morgan fingerprint density at radius 2 is 2.14 bits per heavy atom. The average molecular weight is 294 g/mol. The normalized spacial score (nSPS) is 25.4. The van der Waals surface area contributed by atoms with Crippen LogP contribution in [0.25, 0.3) is 0 Å². The molecule has 2 unspecified atom stereocenters. The first kappa shape index (κ1) is 15.8. The summed E-state index contributed by atoms with van der Waals surface area (Å²) in [7, 11) is 1.77. The van der Waals surface area contributed by atoms with E-state index in [0.29, 0.717) is 23.9 Å². The van der Waals surface area contributed by atoms with Crippen LogP contribution < -0.4 is 11.1 Å². The number of carbonyl (C=O) groups excluding carboxylic acids is 1. The summed E-state index contributed by atoms with van der Waals surface area (Å²) >= 11 is 0. The second-order valence-electron chi connectivity index (χ2n) is 5.88. The van der Waals surface area contributed by atoms with Crippen LogP contribution in [0, 0.1) is 0 Å². The standard InChI is InChI=1S/C9H15N3O.C6H11NO/c1-13-7-3-2-6(4-7)8-5-9(10)12-11-8;8-5-7-6-3-1-2-4-6/h5-7H,2-4H2,1H3,(H3,10,11,12);5-6H,1-4H2,(H,7,8). The fourth-order valence-corrected chi connectivity index (χ4v) is 3.19. The highest BCUT2D eigenvalue weighted by atomic mass is 16.5. The van der Waals surface area contributed by atoms with Gasteiger partial charge in [-0.05, 0) is 32.1 Å². The molecule has 2 atom stereocenters. The van der Waals surface area contributed by atoms with E-state index in [1.807, 2.05) is 6.07 Å². The van der Waals surface area contributed by atoms with Crippen LogP contribution in [0.1, 0.15) is 56.6 Å². The second kappa shape index (κ2) is 8.02. The molecule has 0 aromatic carbocycles. The number of ether oxygens (including phenoxy) is 1. The highest BCUT2D eigenvalue weighted by Gasteiger charge is 2.26. The van der Waals surface area contributed by atoms with E-state index < -0.39 is 0 Å². The zero-order chi connectivity index (χ0) is 15.1. The number of nitrogens with one attached hydrogen (secondary N) is 2. The fourth-order valence-electron chi connectivity index (χ4n) is 3.19. The number of nitrogen functional groups attached to an aromatic ring is 1. The lowest BCUT2D eigenvalue weighted by Gasteiger charge is -2.07. The van der Waals surface area contributed by atoms with Gasteiger partial charge in [0.25, 0.3) is 0 Å². The number of aromatic nitrogens is 2. The number of amides is 1. The lowest BCUT2D eigenvalue weighted by atomic mass is 10.0. The smallest absolute Gasteiger partial charge is 0.207 e. The lowest BCUT2D eigenvalue weighted by Crippen LogP contribution is -2.23. The summed E-state index contributed by atoms with van der Waals surface area (Å²) in [6.07, 6.45) is 9.53. The highest BCUT2D eigenvalue weighted by molar-refractivity contribution is 5.46. The molecule has 1 aromatic heterocycles. The summed E-state index contributed by atoms with van der Waals surface area (Å²) in [5, 5.41) is 9.65. The van der Waals surface area contributed by atoms with Gasteiger partial charge in [0.1, 0.15) is 5.82 Å². The number of hydrogen-bond acceptors (Lipinski definition) is 4. The number of nitrogens with zero attached hydrogens (tertiary/aromatic N) is 1. The predicted octanol–water partition coefficient (Wildman–Crippen LogP) is 1.95. The first-order valence-corrected chi connectivity index (χ1v) is 7.76. The van der Waals surface area contributed by atoms with Gasteiger partial charge in [-0.3, -0.25) is 9.89 Å². The van der Waals surface area contributed by atoms with Crippen LogP contribution in [0.2, 0.25) is 0 Å². The fraction of sp³-hybridized carbons (Fsp3) is 0.733. The van der Waals surface area contributed by atoms with Gasteiger partial charge in [-0.25, -0.2) is 0 Å². The van der Waals surface area contributed by atoms with Crippen LogP contribution in [-0.4, -0.2) is 35.9 Å². The van der Waals surface area contributed by atoms with Crippen LogP contribution in [0.3, 0.4) is 0 Å². The molecule has 0 spiro atoms. The van der Waals surface area contributed by atoms with E-state index in [1.165, 1.54) is 32.1 Å². The molecule has 1 amide bonds. The van der Waals surface area contributed by atoms with E-state index >= 15 is 0 Å². The third-order valence-corrected chi connectivity index (χ3v) is 4.43. The molecule has 1 aromatic rings. The minimum Gasteiger partial charge on any atom is -0.382 e. The Labute approximate surface area is 125 Å². The Hall–Kier alpha value is -1.56. The van der Waals surface area contributed by atoms with Crippen LogP contribution in [-0.2, 0) is 9.53 Å². The van der Waals surface area contributed by atoms with Gasteiger partial charge in [0.2, 0.25) is 6.41 Å². The number of methoxy groups -OCH3 is 1. The molecule has 0 saturated heterocycles. The van der Waals surface area contributed by atoms with Crippen molar-refractivity contribution in [1.29, 1.82) is 0 Å². The predicted molar refractivity (Wildman–Crippen MR) is 81.8 cm³/mol. The number of aromatic amines is 1. The third kappa shape index (κ3) is 4.74. The molecule has 0 radical (unpaired) electrons. The third-order valence-electron chi connectivity index (χ3n) is 4.43. The molecule has 118 valence electrons. The van der Waals surface area contributed by atoms with E-state index in [2.05, 4.69) is 15.5 Å². The molecule has 2 aliphatic rings. The largest absolute Gasteiger partial charge is 0.382 e. The summed E-state index contributed by atoms with van der Waals surface area (Å²) < 4.78 is 5.30. The van der Waals surface area contributed by atoms with Gasteiger partial charge in [-0.1, -0.05) is 12.8 Å². The zero-order valence-electron chi connectivity index (χ0n) is 12.7. The van der Waals surface area contributed by atoms with Gasteiger partial charge in [0.15, 0.2) is 0 Å². The zero-order valence-corrected chi connectivity index (χ0v) is 12.7. The summed E-state index contributed by atoms with van der Waals surface area (Å²) in [4.78, 5) is 9.85. The maximum atomic E-state index is 9.85. The molecule has 21 heavy (non-hydrogen) atoms. The maximum absolute atomic E-state index is 9.85. The van der Waals surface area contributed by atoms with Crippen molar-refractivity contribution in [2.24, 2.45) is 0 Å². The SMILES string of the molecule is COC1CCC(c2cc(N)n[nH]2)C1.O=CNC1CCCC1. The Bertz CT molecular complexity index is 429. The van der Waals surface area contributed by atoms with Crippen molar-refractivity contribution in [3.63, 3.8) is 0 Å². The minimum atomic E-state index is 0.412. The van der Waals surface area contributed by atoms with Gasteiger partial charge >= 0.3 is 0 Å². The number of H-pyrrole nitrogens is 1. The Morgan fingerprint density at radius 1 is 1.38 bits per heavy atom. The van der Waals surface area contributed by atoms with E-state index in [4.69, 9.17) is 10.5 Å². The highest BCUT2D eigenvalue weighted by Crippen LogP contribution is 2.35. The number of anilines is 1. The van der Waals surface area contributed by atoms with E-state index in [-0.39, 0.29) is 0 Å². The van der Waals surface area contributed by atoms with Gasteiger partial charge in [-0.2, -0.15) is 5.10 Å². The van der Waals surface area contributed by atoms with Gasteiger partial charge < -0.3 is 15.8 Å². The number of hydrogen-bond donors (Lipinski definition) is 3. The number of carbonyl (C=O) groups is 1. The van der Waals surface area contributed by atoms with Gasteiger partial charge in [0.05, 0.1) is 6.10 Å². The molecular formula is C15H26N4O2. The van der Waals surface area contributed by atoms with Gasteiger partial charge in [0, 0.05) is 30.8 Å². The van der Waals surface area contributed by atoms with Crippen molar-refractivity contribution < 1.29 is 9.53 Å². The van der Waals surface area contributed by atoms with Crippen molar-refractivity contribution >= 4 is 12.2 Å². The van der Waals surface area contributed by atoms with Crippen molar-refractivity contribution in [1.82, 2.24) is 15.5 Å². The molecular weight excluding hydrogens is 268 g/mol. The molecule has 6 nitrogen and oxygen atoms in total. The van der Waals surface area contributed by atoms with Crippen molar-refractivity contribution in [3.8, 4) is 0 Å². The number of rotatable bonds is 4. The Balaban J connectivity index is 0.000000173. The summed E-state index contributed by atoms with van der Waals surface area (Å²) in [5.41, 5.74) is 6.69. The van der Waals surface area contributed by atoms with Crippen molar-refractivity contribution in [2.75, 3.05) is 12.8 Å². The van der Waals surface area contributed by atoms with Crippen molar-refractivity contribution in [3.05, 3.63) is 11.8 Å². The minimum absolute atomic E-state index is 0.412. The molecule has 0 bridgehead atoms. The lowest BCUT2D eigenvalue weighted by molar-refractivity contribution is -0.110. The molecule has 0 aliphatic heterocycles. The molecule has 2 aliphatic carbocycles. The Kier molecular flexibility index (Phi) is 6.04. The molecule has 2 fully saturated rings. The summed E-state index contributed by atoms with van der Waals surface area (Å²) in [6.45, 7) is 0. The van der Waals surface area contributed by atoms with E-state index in [0.717, 1.165) is 24.9 Å². The quantitative estimate of drug-likeness (QED) is 0.740. The topological polar surface area (TPSA) is 93.0 Å². The molecule has 1 heterocycles. The second-order valence-corrected chi connectivity index (χ2v) is 5.88. The molecule has 3 rings (SSSR count). The summed E-state index contributed by atoms with van der Waals surface area (Å²) in [5.74, 6) is 1.13. The van der Waals surface area contributed by atoms with Crippen LogP contribution in [0.4, 0.5) is 5.82 Å². The molecule has 4 N–H and O–H groups in total. The van der Waals surface area contributed by atoms with Crippen LogP contribution in [0.5, 0.6) is 0 Å². The van der Waals surface area contributed by atoms with Crippen molar-refractivity contribution in [2.45, 2.75) is 63.0 Å². The molecule has 6 heteroatoms. The number of nitrogens with two attached hydrogens (primary N) is 1. The van der Waals surface area contributed by atoms with Crippen LogP contribution in [0.15, 0.2) is 6.07 Å². The van der Waals surface area contributed by atoms with Crippen LogP contribution >= 0.6 is 0 Å². The Morgan fingerprint density at radius 3 is 2.67 bits per heavy atom. The van der Waals surface area contributed by atoms with E-state index in [1.54, 1.807) is 7.11 Å².